The van der Waals surface area contributed by atoms with Gasteiger partial charge in [-0.05, 0) is 70.3 Å². The summed E-state index contributed by atoms with van der Waals surface area (Å²) in [6.07, 6.45) is 15.9. The predicted octanol–water partition coefficient (Wildman–Crippen LogP) is 6.88. The lowest BCUT2D eigenvalue weighted by molar-refractivity contribution is -0.137. The molecule has 1 aliphatic rings. The van der Waals surface area contributed by atoms with Crippen LogP contribution in [0.2, 0.25) is 0 Å². The highest BCUT2D eigenvalue weighted by atomic mass is 16.4. The maximum absolute atomic E-state index is 10.0. The lowest BCUT2D eigenvalue weighted by Gasteiger charge is -2.01. The number of rotatable bonds is 9. The maximum Gasteiger partial charge on any atom is 0.303 e. The Hall–Kier alpha value is -1.83. The van der Waals surface area contributed by atoms with Gasteiger partial charge in [0, 0.05) is 6.42 Å². The van der Waals surface area contributed by atoms with Crippen molar-refractivity contribution in [2.24, 2.45) is 5.92 Å². The van der Waals surface area contributed by atoms with Gasteiger partial charge < -0.3 is 5.11 Å². The number of unbranched alkanes of at least 4 members (excludes halogenated alkanes) is 1. The van der Waals surface area contributed by atoms with Crippen molar-refractivity contribution in [2.45, 2.75) is 78.1 Å². The number of carboxylic acid groups (broad SMARTS) is 1. The van der Waals surface area contributed by atoms with Crippen LogP contribution >= 0.6 is 0 Å². The molecule has 0 aromatic heterocycles. The first-order valence-corrected chi connectivity index (χ1v) is 10.1. The van der Waals surface area contributed by atoms with Gasteiger partial charge in [-0.1, -0.05) is 60.4 Å². The number of allylic oxidation sites excluding steroid dienone is 3. The van der Waals surface area contributed by atoms with Gasteiger partial charge in [0.15, 0.2) is 0 Å². The third kappa shape index (κ3) is 11.7. The molecule has 0 heterocycles. The largest absolute Gasteiger partial charge is 0.481 e. The summed E-state index contributed by atoms with van der Waals surface area (Å²) in [6.45, 7) is 7.85. The fourth-order valence-corrected chi connectivity index (χ4v) is 3.26. The van der Waals surface area contributed by atoms with E-state index in [9.17, 15) is 4.79 Å². The zero-order valence-electron chi connectivity index (χ0n) is 16.7. The molecule has 1 aliphatic carbocycles. The molecule has 1 aromatic rings. The van der Waals surface area contributed by atoms with E-state index in [4.69, 9.17) is 5.11 Å². The lowest BCUT2D eigenvalue weighted by atomic mass is 10.0. The lowest BCUT2D eigenvalue weighted by Crippen LogP contribution is -1.93. The number of carboxylic acids is 1. The summed E-state index contributed by atoms with van der Waals surface area (Å²) < 4.78 is 0. The smallest absolute Gasteiger partial charge is 0.303 e. The second-order valence-corrected chi connectivity index (χ2v) is 7.56. The van der Waals surface area contributed by atoms with Gasteiger partial charge in [-0.3, -0.25) is 4.79 Å². The molecule has 0 radical (unpaired) electrons. The molecule has 0 bridgehead atoms. The first-order valence-electron chi connectivity index (χ1n) is 10.1. The number of benzene rings is 1. The molecule has 1 fully saturated rings. The highest BCUT2D eigenvalue weighted by molar-refractivity contribution is 5.66. The Morgan fingerprint density at radius 3 is 2.54 bits per heavy atom. The average molecular weight is 357 g/mol. The van der Waals surface area contributed by atoms with Crippen molar-refractivity contribution in [1.82, 2.24) is 0 Å². The maximum atomic E-state index is 10.0. The first-order chi connectivity index (χ1) is 12.5. The monoisotopic (exact) mass is 356 g/mol. The Bertz CT molecular complexity index is 549. The van der Waals surface area contributed by atoms with Gasteiger partial charge in [0.1, 0.15) is 0 Å². The second-order valence-electron chi connectivity index (χ2n) is 7.56. The highest BCUT2D eigenvalue weighted by Gasteiger charge is 2.10. The van der Waals surface area contributed by atoms with Crippen molar-refractivity contribution < 1.29 is 9.90 Å². The molecule has 2 heteroatoms. The summed E-state index contributed by atoms with van der Waals surface area (Å²) >= 11 is 0. The van der Waals surface area contributed by atoms with Gasteiger partial charge in [0.25, 0.3) is 0 Å². The van der Waals surface area contributed by atoms with Gasteiger partial charge in [-0.15, -0.1) is 6.58 Å². The van der Waals surface area contributed by atoms with Crippen LogP contribution in [0.25, 0.3) is 0 Å². The molecule has 0 atom stereocenters. The topological polar surface area (TPSA) is 37.3 Å². The van der Waals surface area contributed by atoms with Crippen molar-refractivity contribution in [3.05, 3.63) is 59.7 Å². The fraction of sp³-hybridized carbons (Fsp3) is 0.542. The van der Waals surface area contributed by atoms with E-state index < -0.39 is 5.97 Å². The minimum atomic E-state index is -0.707. The molecule has 0 aliphatic heterocycles. The van der Waals surface area contributed by atoms with Crippen molar-refractivity contribution in [1.29, 1.82) is 0 Å². The van der Waals surface area contributed by atoms with E-state index in [0.29, 0.717) is 0 Å². The quantitative estimate of drug-likeness (QED) is 0.387. The number of aryl methyl sites for hydroxylation is 2. The molecule has 2 rings (SSSR count). The van der Waals surface area contributed by atoms with E-state index in [1.807, 2.05) is 6.92 Å². The molecule has 1 N–H and O–H groups in total. The van der Waals surface area contributed by atoms with E-state index in [1.54, 1.807) is 0 Å². The molecule has 0 unspecified atom stereocenters. The molecule has 26 heavy (non-hydrogen) atoms. The van der Waals surface area contributed by atoms with Gasteiger partial charge in [0.05, 0.1) is 0 Å². The molecule has 1 saturated carbocycles. The van der Waals surface area contributed by atoms with E-state index in [0.717, 1.165) is 30.8 Å². The Kier molecular flexibility index (Phi) is 11.4. The summed E-state index contributed by atoms with van der Waals surface area (Å²) in [7, 11) is 0. The summed E-state index contributed by atoms with van der Waals surface area (Å²) in [4.78, 5) is 10.0. The molecule has 0 saturated heterocycles. The summed E-state index contributed by atoms with van der Waals surface area (Å²) in [5.41, 5.74) is 3.97. The van der Waals surface area contributed by atoms with Crippen LogP contribution in [0.15, 0.2) is 48.6 Å². The minimum absolute atomic E-state index is 0.285. The Balaban J connectivity index is 0.000000294. The van der Waals surface area contributed by atoms with Crippen molar-refractivity contribution in [2.75, 3.05) is 0 Å². The van der Waals surface area contributed by atoms with Crippen LogP contribution < -0.4 is 0 Å². The SMILES string of the molecule is C=C(C)CCCCC(=O)O.Cc1cccc(CC/C=C/C2CCCC2)c1. The van der Waals surface area contributed by atoms with Crippen molar-refractivity contribution >= 4 is 5.97 Å². The van der Waals surface area contributed by atoms with Crippen LogP contribution in [0.1, 0.15) is 75.8 Å². The number of carbonyl (C=O) groups is 1. The van der Waals surface area contributed by atoms with Crippen LogP contribution in [0.5, 0.6) is 0 Å². The summed E-state index contributed by atoms with van der Waals surface area (Å²) in [5.74, 6) is 0.180. The molecule has 144 valence electrons. The van der Waals surface area contributed by atoms with Gasteiger partial charge in [0.2, 0.25) is 0 Å². The zero-order valence-corrected chi connectivity index (χ0v) is 16.7. The van der Waals surface area contributed by atoms with Crippen LogP contribution in [-0.2, 0) is 11.2 Å². The normalized spacial score (nSPS) is 14.2. The Morgan fingerprint density at radius 2 is 1.92 bits per heavy atom. The summed E-state index contributed by atoms with van der Waals surface area (Å²) in [6, 6.07) is 8.85. The average Bonchev–Trinajstić information content (AvgIpc) is 3.09. The Labute approximate surface area is 160 Å². The Morgan fingerprint density at radius 1 is 1.23 bits per heavy atom. The number of aliphatic carboxylic acids is 1. The van der Waals surface area contributed by atoms with Crippen LogP contribution in [0, 0.1) is 12.8 Å². The van der Waals surface area contributed by atoms with E-state index >= 15 is 0 Å². The van der Waals surface area contributed by atoms with E-state index in [1.165, 1.54) is 49.7 Å². The number of hydrogen-bond donors (Lipinski definition) is 1. The van der Waals surface area contributed by atoms with Crippen molar-refractivity contribution in [3.63, 3.8) is 0 Å². The standard InChI is InChI=1S/C16H22.C8H14O2/c1-14-7-6-12-16(13-14)11-5-4-10-15-8-2-3-9-15;1-7(2)5-3-4-6-8(9)10/h4,6-7,10,12-13,15H,2-3,5,8-9,11H2,1H3;1,3-6H2,2H3,(H,9,10)/b10-4+;. The minimum Gasteiger partial charge on any atom is -0.481 e. The third-order valence-corrected chi connectivity index (χ3v) is 4.73. The van der Waals surface area contributed by atoms with Crippen LogP contribution in [0.4, 0.5) is 0 Å². The van der Waals surface area contributed by atoms with Crippen LogP contribution in [-0.4, -0.2) is 11.1 Å². The van der Waals surface area contributed by atoms with Crippen molar-refractivity contribution in [3.8, 4) is 0 Å². The number of hydrogen-bond acceptors (Lipinski definition) is 1. The van der Waals surface area contributed by atoms with E-state index in [-0.39, 0.29) is 6.42 Å². The molecular weight excluding hydrogens is 320 g/mol. The molecule has 0 spiro atoms. The zero-order chi connectivity index (χ0) is 19.2. The van der Waals surface area contributed by atoms with Gasteiger partial charge in [-0.25, -0.2) is 0 Å². The molecular formula is C24H36O2. The van der Waals surface area contributed by atoms with E-state index in [2.05, 4.69) is 49.9 Å². The van der Waals surface area contributed by atoms with Crippen LogP contribution in [0.3, 0.4) is 0 Å². The molecule has 0 amide bonds. The third-order valence-electron chi connectivity index (χ3n) is 4.73. The second kappa shape index (κ2) is 13.4. The summed E-state index contributed by atoms with van der Waals surface area (Å²) in [5, 5.41) is 8.26. The molecule has 2 nitrogen and oxygen atoms in total. The molecule has 1 aromatic carbocycles. The van der Waals surface area contributed by atoms with Gasteiger partial charge >= 0.3 is 5.97 Å². The fourth-order valence-electron chi connectivity index (χ4n) is 3.26. The first kappa shape index (κ1) is 22.2. The van der Waals surface area contributed by atoms with Gasteiger partial charge in [-0.2, -0.15) is 0 Å². The highest BCUT2D eigenvalue weighted by Crippen LogP contribution is 2.25. The predicted molar refractivity (Wildman–Crippen MR) is 112 cm³/mol.